The maximum Gasteiger partial charge on any atom is 0.279 e. The molecule has 1 unspecified atom stereocenters. The number of carbonyl (C=O) groups excluding carboxylic acids is 2. The Kier molecular flexibility index (Phi) is 9.53. The number of hydrogen-bond donors (Lipinski definition) is 4. The third kappa shape index (κ3) is 7.18. The van der Waals surface area contributed by atoms with Gasteiger partial charge in [-0.15, -0.1) is 0 Å². The van der Waals surface area contributed by atoms with Crippen molar-refractivity contribution in [3.63, 3.8) is 0 Å². The van der Waals surface area contributed by atoms with Crippen LogP contribution in [0.25, 0.3) is 0 Å². The van der Waals surface area contributed by atoms with Gasteiger partial charge in [0.25, 0.3) is 10.2 Å². The molecule has 0 bridgehead atoms. The molecule has 10 nitrogen and oxygen atoms in total. The van der Waals surface area contributed by atoms with E-state index < -0.39 is 34.1 Å². The number of benzene rings is 3. The van der Waals surface area contributed by atoms with E-state index >= 15 is 0 Å². The number of nitrogens with zero attached hydrogens (tertiary/aromatic N) is 2. The van der Waals surface area contributed by atoms with Gasteiger partial charge in [0.2, 0.25) is 11.8 Å². The number of carbonyl (C=O) groups is 2. The van der Waals surface area contributed by atoms with Crippen molar-refractivity contribution in [2.75, 3.05) is 20.6 Å². The van der Waals surface area contributed by atoms with Crippen LogP contribution in [-0.4, -0.2) is 68.0 Å². The van der Waals surface area contributed by atoms with Crippen LogP contribution in [0.2, 0.25) is 0 Å². The van der Waals surface area contributed by atoms with Gasteiger partial charge in [0.15, 0.2) is 0 Å². The third-order valence-electron chi connectivity index (χ3n) is 7.24. The first-order chi connectivity index (χ1) is 19.6. The second kappa shape index (κ2) is 13.1. The lowest BCUT2D eigenvalue weighted by Crippen LogP contribution is -2.56. The minimum Gasteiger partial charge on any atom is -0.384 e. The Bertz CT molecular complexity index is 1420. The Morgan fingerprint density at radius 1 is 0.976 bits per heavy atom. The van der Waals surface area contributed by atoms with Crippen LogP contribution in [0.5, 0.6) is 0 Å². The van der Waals surface area contributed by atoms with Gasteiger partial charge in [0.1, 0.15) is 17.9 Å². The Hall–Kier alpha value is -4.06. The van der Waals surface area contributed by atoms with E-state index in [2.05, 4.69) is 10.0 Å². The highest BCUT2D eigenvalue weighted by molar-refractivity contribution is 7.87. The number of rotatable bonds is 11. The van der Waals surface area contributed by atoms with Gasteiger partial charge in [-0.1, -0.05) is 84.9 Å². The summed E-state index contributed by atoms with van der Waals surface area (Å²) in [4.78, 5) is 29.1. The van der Waals surface area contributed by atoms with Gasteiger partial charge in [-0.3, -0.25) is 15.0 Å². The highest BCUT2D eigenvalue weighted by Crippen LogP contribution is 2.31. The first-order valence-corrected chi connectivity index (χ1v) is 14.8. The zero-order chi connectivity index (χ0) is 29.6. The number of amidine groups is 1. The summed E-state index contributed by atoms with van der Waals surface area (Å²) >= 11 is 0. The van der Waals surface area contributed by atoms with Crippen LogP contribution >= 0.6 is 0 Å². The molecule has 2 atom stereocenters. The molecular formula is C30H36N6O4S. The molecule has 1 aliphatic rings. The van der Waals surface area contributed by atoms with Crippen molar-refractivity contribution >= 4 is 27.9 Å². The van der Waals surface area contributed by atoms with Gasteiger partial charge in [0.05, 0.1) is 0 Å². The molecule has 0 spiro atoms. The molecule has 1 aliphatic heterocycles. The van der Waals surface area contributed by atoms with Gasteiger partial charge in [0, 0.05) is 38.7 Å². The quantitative estimate of drug-likeness (QED) is 0.204. The largest absolute Gasteiger partial charge is 0.384 e. The van der Waals surface area contributed by atoms with E-state index in [0.29, 0.717) is 24.9 Å². The van der Waals surface area contributed by atoms with Crippen LogP contribution < -0.4 is 15.8 Å². The molecular weight excluding hydrogens is 540 g/mol. The zero-order valence-electron chi connectivity index (χ0n) is 23.2. The van der Waals surface area contributed by atoms with E-state index in [4.69, 9.17) is 11.1 Å². The van der Waals surface area contributed by atoms with E-state index in [1.54, 1.807) is 24.3 Å². The summed E-state index contributed by atoms with van der Waals surface area (Å²) < 4.78 is 29.9. The summed E-state index contributed by atoms with van der Waals surface area (Å²) in [7, 11) is -1.21. The lowest BCUT2D eigenvalue weighted by Gasteiger charge is -2.34. The van der Waals surface area contributed by atoms with Crippen LogP contribution in [0.3, 0.4) is 0 Å². The predicted octanol–water partition coefficient (Wildman–Crippen LogP) is 2.17. The monoisotopic (exact) mass is 576 g/mol. The van der Waals surface area contributed by atoms with E-state index in [1.807, 2.05) is 60.7 Å². The molecule has 1 fully saturated rings. The number of nitrogen functional groups attached to an aromatic ring is 1. The topological polar surface area (TPSA) is 149 Å². The van der Waals surface area contributed by atoms with Crippen molar-refractivity contribution in [1.29, 1.82) is 5.41 Å². The van der Waals surface area contributed by atoms with Crippen molar-refractivity contribution < 1.29 is 18.0 Å². The summed E-state index contributed by atoms with van der Waals surface area (Å²) in [6.45, 7) is 0.573. The number of nitrogens with two attached hydrogens (primary N) is 1. The second-order valence-electron chi connectivity index (χ2n) is 10.2. The zero-order valence-corrected chi connectivity index (χ0v) is 24.0. The molecule has 0 radical (unpaired) electrons. The molecule has 0 saturated carbocycles. The van der Waals surface area contributed by atoms with E-state index in [-0.39, 0.29) is 18.3 Å². The van der Waals surface area contributed by atoms with E-state index in [0.717, 1.165) is 21.0 Å². The molecule has 216 valence electrons. The predicted molar refractivity (Wildman–Crippen MR) is 158 cm³/mol. The first-order valence-electron chi connectivity index (χ1n) is 13.4. The third-order valence-corrected chi connectivity index (χ3v) is 8.76. The number of nitrogens with one attached hydrogen (secondary N) is 3. The standard InChI is InChI=1S/C30H36N6O4S/c1-35(2)41(39,40)34-27(26(22-10-5-3-6-11-22)23-12-7-4-8-13-23)30(38)36-19-9-14-25(36)29(37)33-20-21-15-17-24(18-16-21)28(31)32/h3-8,10-13,15-18,25-27,34H,9,14,19-20H2,1-2H3,(H3,31,32)(H,33,37)/t25-,27?/m0/s1. The van der Waals surface area contributed by atoms with Crippen LogP contribution in [0.4, 0.5) is 0 Å². The SMILES string of the molecule is CN(C)S(=O)(=O)NC(C(=O)N1CCC[C@H]1C(=O)NCc1ccc(C(=N)N)cc1)C(c1ccccc1)c1ccccc1. The van der Waals surface area contributed by atoms with E-state index in [9.17, 15) is 18.0 Å². The first kappa shape index (κ1) is 29.9. The Labute approximate surface area is 241 Å². The van der Waals surface area contributed by atoms with Crippen molar-refractivity contribution in [2.45, 2.75) is 37.4 Å². The summed E-state index contributed by atoms with van der Waals surface area (Å²) in [5, 5.41) is 10.4. The van der Waals surface area contributed by atoms with Crippen LogP contribution in [-0.2, 0) is 26.3 Å². The molecule has 1 heterocycles. The number of hydrogen-bond acceptors (Lipinski definition) is 5. The summed E-state index contributed by atoms with van der Waals surface area (Å²) in [6.07, 6.45) is 1.08. The molecule has 0 aliphatic carbocycles. The minimum atomic E-state index is -4.02. The van der Waals surface area contributed by atoms with Crippen molar-refractivity contribution in [2.24, 2.45) is 5.73 Å². The van der Waals surface area contributed by atoms with Gasteiger partial charge >= 0.3 is 0 Å². The molecule has 41 heavy (non-hydrogen) atoms. The molecule has 11 heteroatoms. The Morgan fingerprint density at radius 3 is 2.05 bits per heavy atom. The van der Waals surface area contributed by atoms with Crippen LogP contribution in [0, 0.1) is 5.41 Å². The normalized spacial score (nSPS) is 16.1. The number of amides is 2. The molecule has 3 aromatic rings. The molecule has 5 N–H and O–H groups in total. The van der Waals surface area contributed by atoms with Crippen molar-refractivity contribution in [1.82, 2.24) is 19.2 Å². The van der Waals surface area contributed by atoms with Gasteiger partial charge in [-0.2, -0.15) is 17.4 Å². The molecule has 0 aromatic heterocycles. The molecule has 3 aromatic carbocycles. The summed E-state index contributed by atoms with van der Waals surface area (Å²) in [5.41, 5.74) is 8.47. The smallest absolute Gasteiger partial charge is 0.279 e. The average molecular weight is 577 g/mol. The molecule has 2 amide bonds. The fraction of sp³-hybridized carbons (Fsp3) is 0.300. The van der Waals surface area contributed by atoms with Gasteiger partial charge < -0.3 is 16.0 Å². The average Bonchev–Trinajstić information content (AvgIpc) is 3.47. The minimum absolute atomic E-state index is 0.0375. The fourth-order valence-electron chi connectivity index (χ4n) is 5.02. The van der Waals surface area contributed by atoms with Gasteiger partial charge in [-0.05, 0) is 29.5 Å². The fourth-order valence-corrected chi connectivity index (χ4v) is 5.78. The molecule has 4 rings (SSSR count). The lowest BCUT2D eigenvalue weighted by molar-refractivity contribution is -0.140. The van der Waals surface area contributed by atoms with Crippen LogP contribution in [0.1, 0.15) is 41.0 Å². The maximum absolute atomic E-state index is 14.3. The van der Waals surface area contributed by atoms with Crippen LogP contribution in [0.15, 0.2) is 84.9 Å². The van der Waals surface area contributed by atoms with E-state index in [1.165, 1.54) is 19.0 Å². The molecule has 1 saturated heterocycles. The van der Waals surface area contributed by atoms with Crippen molar-refractivity contribution in [3.05, 3.63) is 107 Å². The second-order valence-corrected chi connectivity index (χ2v) is 12.1. The maximum atomic E-state index is 14.3. The highest BCUT2D eigenvalue weighted by Gasteiger charge is 2.42. The summed E-state index contributed by atoms with van der Waals surface area (Å²) in [6, 6.07) is 23.7. The number of likely N-dealkylation sites (tertiary alicyclic amines) is 1. The Balaban J connectivity index is 1.63. The highest BCUT2D eigenvalue weighted by atomic mass is 32.2. The Morgan fingerprint density at radius 2 is 1.54 bits per heavy atom. The van der Waals surface area contributed by atoms with Gasteiger partial charge in [-0.25, -0.2) is 0 Å². The summed E-state index contributed by atoms with van der Waals surface area (Å²) in [5.74, 6) is -1.44. The van der Waals surface area contributed by atoms with Crippen molar-refractivity contribution in [3.8, 4) is 0 Å². The lowest BCUT2D eigenvalue weighted by atomic mass is 9.84.